The minimum Gasteiger partial charge on any atom is -0.234 e. The van der Waals surface area contributed by atoms with Crippen molar-refractivity contribution in [3.05, 3.63) is 34.9 Å². The molecule has 0 aromatic heterocycles. The molecule has 1 saturated carbocycles. The average Bonchev–Trinajstić information content (AvgIpc) is 3.06. The van der Waals surface area contributed by atoms with Crippen molar-refractivity contribution in [2.24, 2.45) is 16.2 Å². The van der Waals surface area contributed by atoms with Crippen molar-refractivity contribution in [2.45, 2.75) is 70.2 Å². The van der Waals surface area contributed by atoms with E-state index in [0.29, 0.717) is 24.0 Å². The molecule has 2 aliphatic rings. The van der Waals surface area contributed by atoms with Gasteiger partial charge in [-0.05, 0) is 63.1 Å². The van der Waals surface area contributed by atoms with Crippen LogP contribution >= 0.6 is 0 Å². The molecule has 26 heavy (non-hydrogen) atoms. The molecule has 2 nitrogen and oxygen atoms in total. The zero-order valence-corrected chi connectivity index (χ0v) is 16.7. The van der Waals surface area contributed by atoms with Gasteiger partial charge in [-0.1, -0.05) is 19.9 Å². The Balaban J connectivity index is 2.05. The molecule has 1 aromatic rings. The van der Waals surface area contributed by atoms with Gasteiger partial charge < -0.3 is 0 Å². The molecule has 0 bridgehead atoms. The Bertz CT molecular complexity index is 776. The van der Waals surface area contributed by atoms with Crippen LogP contribution in [-0.4, -0.2) is 14.7 Å². The van der Waals surface area contributed by atoms with Crippen LogP contribution in [0.15, 0.2) is 22.6 Å². The topological polar surface area (TPSA) is 29.4 Å². The fourth-order valence-corrected chi connectivity index (χ4v) is 4.63. The van der Waals surface area contributed by atoms with Crippen molar-refractivity contribution in [1.29, 1.82) is 0 Å². The second-order valence-electron chi connectivity index (χ2n) is 9.02. The first-order valence-corrected chi connectivity index (χ1v) is 10.2. The molecular weight excluding hydrogens is 359 g/mol. The highest BCUT2D eigenvalue weighted by Gasteiger charge is 2.60. The van der Waals surface area contributed by atoms with Gasteiger partial charge in [-0.2, -0.15) is 17.6 Å². The summed E-state index contributed by atoms with van der Waals surface area (Å²) in [5.41, 5.74) is 1.35. The first-order valence-electron chi connectivity index (χ1n) is 9.06. The van der Waals surface area contributed by atoms with Gasteiger partial charge in [-0.25, -0.2) is 4.21 Å². The Morgan fingerprint density at radius 3 is 2.46 bits per heavy atom. The zero-order valence-electron chi connectivity index (χ0n) is 15.9. The summed E-state index contributed by atoms with van der Waals surface area (Å²) in [5.74, 6) is 0.874. The Morgan fingerprint density at radius 1 is 1.27 bits per heavy atom. The van der Waals surface area contributed by atoms with E-state index in [2.05, 4.69) is 18.2 Å². The van der Waals surface area contributed by atoms with Gasteiger partial charge in [-0.3, -0.25) is 0 Å². The Kier molecular flexibility index (Phi) is 4.66. The van der Waals surface area contributed by atoms with Crippen molar-refractivity contribution < 1.29 is 17.4 Å². The lowest BCUT2D eigenvalue weighted by molar-refractivity contribution is -0.137. The van der Waals surface area contributed by atoms with Crippen LogP contribution in [0, 0.1) is 11.8 Å². The van der Waals surface area contributed by atoms with Gasteiger partial charge in [0, 0.05) is 17.4 Å². The normalized spacial score (nSPS) is 28.0. The summed E-state index contributed by atoms with van der Waals surface area (Å²) in [5, 5.41) is 0. The van der Waals surface area contributed by atoms with Gasteiger partial charge in [0.1, 0.15) is 11.0 Å². The van der Waals surface area contributed by atoms with Crippen LogP contribution in [0.1, 0.15) is 70.6 Å². The summed E-state index contributed by atoms with van der Waals surface area (Å²) in [6, 6.07) is 3.95. The highest BCUT2D eigenvalue weighted by Crippen LogP contribution is 2.64. The second kappa shape index (κ2) is 6.18. The first-order chi connectivity index (χ1) is 11.8. The molecule has 144 valence electrons. The van der Waals surface area contributed by atoms with Crippen LogP contribution in [0.3, 0.4) is 0 Å². The van der Waals surface area contributed by atoms with E-state index in [9.17, 15) is 17.4 Å². The molecule has 2 unspecified atom stereocenters. The summed E-state index contributed by atoms with van der Waals surface area (Å²) >= 11 is 0. The summed E-state index contributed by atoms with van der Waals surface area (Å²) in [6.45, 7) is 9.83. The average molecular weight is 385 g/mol. The van der Waals surface area contributed by atoms with Gasteiger partial charge in [0.15, 0.2) is 0 Å². The largest absolute Gasteiger partial charge is 0.416 e. The fourth-order valence-electron chi connectivity index (χ4n) is 4.00. The van der Waals surface area contributed by atoms with Gasteiger partial charge in [-0.15, -0.1) is 0 Å². The summed E-state index contributed by atoms with van der Waals surface area (Å²) < 4.78 is 56.1. The lowest BCUT2D eigenvalue weighted by atomic mass is 9.91. The van der Waals surface area contributed by atoms with Crippen molar-refractivity contribution in [2.75, 3.05) is 0 Å². The number of nitrogens with zero attached hydrogens (tertiary/aromatic N) is 1. The standard InChI is InChI=1S/C20H26F3NOS/c1-12(2)8-14-10-19(14)11-17(24-26(25)18(3,4)5)15-7-6-13(9-16(15)19)20(21,22)23/h6-7,9,12,14H,8,10-11H2,1-5H3/b24-17-/t14?,19?,26-/m1/s1. The number of fused-ring (bicyclic) bond motifs is 2. The van der Waals surface area contributed by atoms with E-state index in [-0.39, 0.29) is 5.41 Å². The predicted octanol–water partition coefficient (Wildman–Crippen LogP) is 5.66. The van der Waals surface area contributed by atoms with Crippen LogP contribution in [0.2, 0.25) is 0 Å². The van der Waals surface area contributed by atoms with Crippen molar-refractivity contribution >= 4 is 16.7 Å². The van der Waals surface area contributed by atoms with Gasteiger partial charge >= 0.3 is 6.18 Å². The molecule has 0 amide bonds. The molecule has 3 atom stereocenters. The highest BCUT2D eigenvalue weighted by atomic mass is 32.2. The molecule has 3 rings (SSSR count). The maximum atomic E-state index is 13.2. The number of halogens is 3. The number of hydrogen-bond acceptors (Lipinski definition) is 1. The van der Waals surface area contributed by atoms with Crippen LogP contribution in [0.25, 0.3) is 0 Å². The molecule has 1 spiro atoms. The molecule has 0 radical (unpaired) electrons. The maximum absolute atomic E-state index is 13.2. The fraction of sp³-hybridized carbons (Fsp3) is 0.650. The monoisotopic (exact) mass is 385 g/mol. The van der Waals surface area contributed by atoms with E-state index in [0.717, 1.165) is 30.0 Å². The number of rotatable bonds is 3. The van der Waals surface area contributed by atoms with E-state index in [4.69, 9.17) is 0 Å². The Hall–Kier alpha value is -1.17. The smallest absolute Gasteiger partial charge is 0.234 e. The lowest BCUT2D eigenvalue weighted by Crippen LogP contribution is -2.21. The van der Waals surface area contributed by atoms with Crippen LogP contribution < -0.4 is 0 Å². The molecule has 0 saturated heterocycles. The number of alkyl halides is 3. The van der Waals surface area contributed by atoms with Crippen LogP contribution in [0.5, 0.6) is 0 Å². The first kappa shape index (κ1) is 19.6. The number of benzene rings is 1. The molecule has 0 heterocycles. The minimum atomic E-state index is -4.35. The molecule has 0 aliphatic heterocycles. The van der Waals surface area contributed by atoms with Gasteiger partial charge in [0.05, 0.1) is 16.0 Å². The minimum absolute atomic E-state index is 0.248. The van der Waals surface area contributed by atoms with E-state index in [1.54, 1.807) is 0 Å². The molecule has 1 fully saturated rings. The highest BCUT2D eigenvalue weighted by molar-refractivity contribution is 7.85. The predicted molar refractivity (Wildman–Crippen MR) is 99.7 cm³/mol. The lowest BCUT2D eigenvalue weighted by Gasteiger charge is -2.14. The quantitative estimate of drug-likeness (QED) is 0.660. The van der Waals surface area contributed by atoms with E-state index >= 15 is 0 Å². The SMILES string of the molecule is CC(C)CC1CC12C/C(=N/[S@](=O)C(C)(C)C)c1ccc(C(F)(F)F)cc12. The summed E-state index contributed by atoms with van der Waals surface area (Å²) in [6.07, 6.45) is -1.87. The van der Waals surface area contributed by atoms with Gasteiger partial charge in [0.25, 0.3) is 0 Å². The van der Waals surface area contributed by atoms with E-state index in [1.165, 1.54) is 12.1 Å². The number of hydrogen-bond donors (Lipinski definition) is 0. The van der Waals surface area contributed by atoms with Crippen molar-refractivity contribution in [3.63, 3.8) is 0 Å². The zero-order chi connectivity index (χ0) is 19.5. The molecule has 6 heteroatoms. The molecule has 0 N–H and O–H groups in total. The van der Waals surface area contributed by atoms with Crippen molar-refractivity contribution in [3.8, 4) is 0 Å². The van der Waals surface area contributed by atoms with Crippen LogP contribution in [0.4, 0.5) is 13.2 Å². The molecule has 2 aliphatic carbocycles. The Morgan fingerprint density at radius 2 is 1.92 bits per heavy atom. The van der Waals surface area contributed by atoms with E-state index < -0.39 is 27.5 Å². The third-order valence-corrected chi connectivity index (χ3v) is 6.82. The van der Waals surface area contributed by atoms with E-state index in [1.807, 2.05) is 20.8 Å². The third-order valence-electron chi connectivity index (χ3n) is 5.38. The Labute approximate surface area is 155 Å². The maximum Gasteiger partial charge on any atom is 0.416 e. The molecular formula is C20H26F3NOS. The van der Waals surface area contributed by atoms with Crippen LogP contribution in [-0.2, 0) is 22.6 Å². The third kappa shape index (κ3) is 3.49. The summed E-state index contributed by atoms with van der Waals surface area (Å²) in [4.78, 5) is 0. The van der Waals surface area contributed by atoms with Gasteiger partial charge in [0.2, 0.25) is 0 Å². The molecule has 1 aromatic carbocycles. The second-order valence-corrected chi connectivity index (χ2v) is 10.9. The summed E-state index contributed by atoms with van der Waals surface area (Å²) in [7, 11) is -1.42. The van der Waals surface area contributed by atoms with Crippen molar-refractivity contribution in [1.82, 2.24) is 0 Å².